The fourth-order valence-electron chi connectivity index (χ4n) is 2.43. The van der Waals surface area contributed by atoms with E-state index in [-0.39, 0.29) is 18.4 Å². The van der Waals surface area contributed by atoms with Gasteiger partial charge >= 0.3 is 0 Å². The van der Waals surface area contributed by atoms with Crippen LogP contribution in [0.2, 0.25) is 0 Å². The summed E-state index contributed by atoms with van der Waals surface area (Å²) in [4.78, 5) is 25.7. The van der Waals surface area contributed by atoms with Gasteiger partial charge in [-0.1, -0.05) is 30.3 Å². The smallest absolute Gasteiger partial charge is 0.244 e. The lowest BCUT2D eigenvalue weighted by Gasteiger charge is -2.22. The number of anilines is 1. The maximum absolute atomic E-state index is 12.3. The third-order valence-electron chi connectivity index (χ3n) is 3.71. The van der Waals surface area contributed by atoms with Gasteiger partial charge in [0.15, 0.2) is 0 Å². The van der Waals surface area contributed by atoms with E-state index in [0.717, 1.165) is 5.56 Å². The van der Waals surface area contributed by atoms with Crippen molar-refractivity contribution in [3.63, 3.8) is 0 Å². The Hall–Kier alpha value is -3.02. The molecule has 0 aliphatic carbocycles. The lowest BCUT2D eigenvalue weighted by molar-refractivity contribution is -0.133. The molecule has 0 aliphatic rings. The Balaban J connectivity index is 2.08. The van der Waals surface area contributed by atoms with E-state index in [4.69, 9.17) is 9.47 Å². The molecule has 0 radical (unpaired) electrons. The van der Waals surface area contributed by atoms with Gasteiger partial charge in [0.1, 0.15) is 18.0 Å². The van der Waals surface area contributed by atoms with Crippen LogP contribution in [-0.4, -0.2) is 37.5 Å². The number of para-hydroxylation sites is 3. The fraction of sp³-hybridized carbons (Fsp3) is 0.263. The molecule has 0 saturated heterocycles. The van der Waals surface area contributed by atoms with Crippen molar-refractivity contribution in [1.29, 1.82) is 0 Å². The number of ether oxygens (including phenoxy) is 2. The van der Waals surface area contributed by atoms with Crippen LogP contribution in [0.1, 0.15) is 12.5 Å². The summed E-state index contributed by atoms with van der Waals surface area (Å²) in [6, 6.07) is 14.5. The second-order valence-electron chi connectivity index (χ2n) is 5.44. The van der Waals surface area contributed by atoms with Crippen LogP contribution >= 0.6 is 0 Å². The van der Waals surface area contributed by atoms with E-state index >= 15 is 0 Å². The number of methoxy groups -OCH3 is 2. The molecule has 0 spiro atoms. The van der Waals surface area contributed by atoms with Gasteiger partial charge in [0.05, 0.1) is 19.9 Å². The molecule has 2 aromatic rings. The molecule has 0 fully saturated rings. The summed E-state index contributed by atoms with van der Waals surface area (Å²) in [6.07, 6.45) is 0. The minimum atomic E-state index is -0.297. The number of nitrogens with one attached hydrogen (secondary N) is 1. The number of hydrogen-bond donors (Lipinski definition) is 1. The molecule has 0 heterocycles. The number of amides is 2. The molecular formula is C19H22N2O4. The molecule has 6 heteroatoms. The molecule has 0 saturated carbocycles. The summed E-state index contributed by atoms with van der Waals surface area (Å²) in [5.74, 6) is 0.754. The van der Waals surface area contributed by atoms with Gasteiger partial charge in [-0.15, -0.1) is 0 Å². The highest BCUT2D eigenvalue weighted by Crippen LogP contribution is 2.23. The van der Waals surface area contributed by atoms with E-state index in [0.29, 0.717) is 23.7 Å². The second kappa shape index (κ2) is 8.73. The Bertz CT molecular complexity index is 746. The highest BCUT2D eigenvalue weighted by molar-refractivity contribution is 5.95. The van der Waals surface area contributed by atoms with Crippen molar-refractivity contribution in [2.75, 3.05) is 26.1 Å². The van der Waals surface area contributed by atoms with Crippen LogP contribution in [-0.2, 0) is 16.1 Å². The molecule has 2 rings (SSSR count). The van der Waals surface area contributed by atoms with Crippen LogP contribution < -0.4 is 14.8 Å². The van der Waals surface area contributed by atoms with Crippen LogP contribution in [0.25, 0.3) is 0 Å². The molecule has 132 valence electrons. The molecular weight excluding hydrogens is 320 g/mol. The zero-order valence-corrected chi connectivity index (χ0v) is 14.6. The fourth-order valence-corrected chi connectivity index (χ4v) is 2.43. The molecule has 0 bridgehead atoms. The Labute approximate surface area is 147 Å². The lowest BCUT2D eigenvalue weighted by Crippen LogP contribution is -2.36. The Morgan fingerprint density at radius 2 is 1.56 bits per heavy atom. The van der Waals surface area contributed by atoms with Gasteiger partial charge in [-0.25, -0.2) is 0 Å². The number of rotatable bonds is 7. The van der Waals surface area contributed by atoms with Crippen LogP contribution in [0.4, 0.5) is 5.69 Å². The zero-order chi connectivity index (χ0) is 18.2. The molecule has 0 unspecified atom stereocenters. The summed E-state index contributed by atoms with van der Waals surface area (Å²) in [5.41, 5.74) is 1.40. The number of nitrogens with zero attached hydrogens (tertiary/aromatic N) is 1. The minimum Gasteiger partial charge on any atom is -0.496 e. The van der Waals surface area contributed by atoms with Gasteiger partial charge in [0, 0.05) is 19.0 Å². The molecule has 2 amide bonds. The molecule has 1 N–H and O–H groups in total. The maximum Gasteiger partial charge on any atom is 0.244 e. The van der Waals surface area contributed by atoms with Crippen molar-refractivity contribution in [2.24, 2.45) is 0 Å². The van der Waals surface area contributed by atoms with Crippen molar-refractivity contribution >= 4 is 17.5 Å². The van der Waals surface area contributed by atoms with Crippen LogP contribution in [0.3, 0.4) is 0 Å². The summed E-state index contributed by atoms with van der Waals surface area (Å²) < 4.78 is 10.5. The minimum absolute atomic E-state index is 0.0641. The van der Waals surface area contributed by atoms with Crippen LogP contribution in [0, 0.1) is 0 Å². The first kappa shape index (κ1) is 18.3. The van der Waals surface area contributed by atoms with Crippen molar-refractivity contribution < 1.29 is 19.1 Å². The third kappa shape index (κ3) is 4.97. The Morgan fingerprint density at radius 1 is 0.960 bits per heavy atom. The average Bonchev–Trinajstić information content (AvgIpc) is 2.62. The lowest BCUT2D eigenvalue weighted by atomic mass is 10.2. The number of carbonyl (C=O) groups excluding carboxylic acids is 2. The highest BCUT2D eigenvalue weighted by atomic mass is 16.5. The van der Waals surface area contributed by atoms with Gasteiger partial charge < -0.3 is 19.7 Å². The van der Waals surface area contributed by atoms with Gasteiger partial charge in [-0.3, -0.25) is 9.59 Å². The molecule has 2 aromatic carbocycles. The summed E-state index contributed by atoms with van der Waals surface area (Å²) >= 11 is 0. The number of hydrogen-bond acceptors (Lipinski definition) is 4. The molecule has 25 heavy (non-hydrogen) atoms. The molecule has 0 atom stereocenters. The number of benzene rings is 2. The summed E-state index contributed by atoms with van der Waals surface area (Å²) in [5, 5.41) is 2.77. The first-order valence-electron chi connectivity index (χ1n) is 7.85. The first-order valence-corrected chi connectivity index (χ1v) is 7.85. The monoisotopic (exact) mass is 342 g/mol. The van der Waals surface area contributed by atoms with Crippen molar-refractivity contribution in [1.82, 2.24) is 4.90 Å². The van der Waals surface area contributed by atoms with Crippen molar-refractivity contribution in [3.8, 4) is 11.5 Å². The molecule has 0 aromatic heterocycles. The van der Waals surface area contributed by atoms with Gasteiger partial charge in [-0.05, 0) is 18.2 Å². The van der Waals surface area contributed by atoms with E-state index in [2.05, 4.69) is 5.32 Å². The summed E-state index contributed by atoms with van der Waals surface area (Å²) in [6.45, 7) is 1.66. The average molecular weight is 342 g/mol. The third-order valence-corrected chi connectivity index (χ3v) is 3.71. The van der Waals surface area contributed by atoms with Gasteiger partial charge in [0.2, 0.25) is 11.8 Å². The quantitative estimate of drug-likeness (QED) is 0.840. The van der Waals surface area contributed by atoms with Crippen LogP contribution in [0.5, 0.6) is 11.5 Å². The number of carbonyl (C=O) groups is 2. The Morgan fingerprint density at radius 3 is 2.20 bits per heavy atom. The SMILES string of the molecule is COc1ccccc1CN(CC(=O)Nc1ccccc1OC)C(C)=O. The molecule has 0 aliphatic heterocycles. The zero-order valence-electron chi connectivity index (χ0n) is 14.6. The van der Waals surface area contributed by atoms with E-state index in [1.807, 2.05) is 30.3 Å². The van der Waals surface area contributed by atoms with E-state index in [9.17, 15) is 9.59 Å². The maximum atomic E-state index is 12.3. The first-order chi connectivity index (χ1) is 12.0. The predicted molar refractivity (Wildman–Crippen MR) is 95.7 cm³/mol. The van der Waals surface area contributed by atoms with E-state index in [1.165, 1.54) is 18.9 Å². The molecule has 6 nitrogen and oxygen atoms in total. The predicted octanol–water partition coefficient (Wildman–Crippen LogP) is 2.69. The summed E-state index contributed by atoms with van der Waals surface area (Å²) in [7, 11) is 3.11. The van der Waals surface area contributed by atoms with Gasteiger partial charge in [-0.2, -0.15) is 0 Å². The topological polar surface area (TPSA) is 67.9 Å². The van der Waals surface area contributed by atoms with E-state index < -0.39 is 0 Å². The normalized spacial score (nSPS) is 10.0. The van der Waals surface area contributed by atoms with Crippen molar-refractivity contribution in [2.45, 2.75) is 13.5 Å². The van der Waals surface area contributed by atoms with E-state index in [1.54, 1.807) is 25.3 Å². The van der Waals surface area contributed by atoms with Crippen molar-refractivity contribution in [3.05, 3.63) is 54.1 Å². The highest BCUT2D eigenvalue weighted by Gasteiger charge is 2.17. The second-order valence-corrected chi connectivity index (χ2v) is 5.44. The largest absolute Gasteiger partial charge is 0.496 e. The Kier molecular flexibility index (Phi) is 6.39. The standard InChI is InChI=1S/C19H22N2O4/c1-14(22)21(12-15-8-4-6-10-17(15)24-2)13-19(23)20-16-9-5-7-11-18(16)25-3/h4-11H,12-13H2,1-3H3,(H,20,23). The van der Waals surface area contributed by atoms with Crippen LogP contribution in [0.15, 0.2) is 48.5 Å². The van der Waals surface area contributed by atoms with Gasteiger partial charge in [0.25, 0.3) is 0 Å².